The van der Waals surface area contributed by atoms with Gasteiger partial charge in [0.1, 0.15) is 5.82 Å². The lowest BCUT2D eigenvalue weighted by atomic mass is 10.1. The van der Waals surface area contributed by atoms with Crippen molar-refractivity contribution in [3.8, 4) is 0 Å². The van der Waals surface area contributed by atoms with E-state index in [0.29, 0.717) is 18.7 Å². The lowest BCUT2D eigenvalue weighted by Gasteiger charge is -2.18. The van der Waals surface area contributed by atoms with Gasteiger partial charge >= 0.3 is 0 Å². The summed E-state index contributed by atoms with van der Waals surface area (Å²) >= 11 is 0. The number of nitrogens with zero attached hydrogens (tertiary/aromatic N) is 2. The maximum Gasteiger partial charge on any atom is 0.191 e. The Hall–Kier alpha value is -2.82. The maximum atomic E-state index is 13.3. The molecule has 0 fully saturated rings. The summed E-state index contributed by atoms with van der Waals surface area (Å²) in [6.07, 6.45) is 4.38. The fourth-order valence-corrected chi connectivity index (χ4v) is 2.92. The number of aliphatic imine (C=N–C) groups is 1. The normalized spacial score (nSPS) is 14.0. The second-order valence-corrected chi connectivity index (χ2v) is 6.41. The molecule has 136 valence electrons. The van der Waals surface area contributed by atoms with Gasteiger partial charge in [0.05, 0.1) is 0 Å². The van der Waals surface area contributed by atoms with Gasteiger partial charge in [-0.2, -0.15) is 0 Å². The van der Waals surface area contributed by atoms with Crippen LogP contribution < -0.4 is 15.5 Å². The number of nitrogens with one attached hydrogen (secondary N) is 2. The van der Waals surface area contributed by atoms with Crippen LogP contribution in [0.1, 0.15) is 16.7 Å². The Labute approximate surface area is 154 Å². The molecule has 0 bridgehead atoms. The molecule has 3 rings (SSSR count). The standard InChI is InChI=1S/C21H25FN4/c1-16-13-18(7-10-20(16)22)15-25-21(23-2)24-14-17-5-8-19(9-6-17)26-11-3-4-12-26/h3-10,13H,11-12,14-15H2,1-2H3,(H2,23,24,25). The van der Waals surface area contributed by atoms with Crippen LogP contribution in [0.25, 0.3) is 0 Å². The Balaban J connectivity index is 1.49. The van der Waals surface area contributed by atoms with Gasteiger partial charge in [0, 0.05) is 38.9 Å². The molecule has 0 amide bonds. The third kappa shape index (κ3) is 4.63. The summed E-state index contributed by atoms with van der Waals surface area (Å²) in [4.78, 5) is 6.56. The summed E-state index contributed by atoms with van der Waals surface area (Å²) in [6, 6.07) is 13.7. The lowest BCUT2D eigenvalue weighted by molar-refractivity contribution is 0.617. The van der Waals surface area contributed by atoms with Gasteiger partial charge in [-0.25, -0.2) is 4.39 Å². The highest BCUT2D eigenvalue weighted by atomic mass is 19.1. The van der Waals surface area contributed by atoms with Crippen molar-refractivity contribution in [2.75, 3.05) is 25.0 Å². The zero-order valence-electron chi connectivity index (χ0n) is 15.3. The molecule has 0 atom stereocenters. The molecule has 0 unspecified atom stereocenters. The zero-order chi connectivity index (χ0) is 18.4. The third-order valence-electron chi connectivity index (χ3n) is 4.49. The first kappa shape index (κ1) is 18.0. The van der Waals surface area contributed by atoms with Crippen molar-refractivity contribution in [1.29, 1.82) is 0 Å². The van der Waals surface area contributed by atoms with E-state index in [4.69, 9.17) is 0 Å². The van der Waals surface area contributed by atoms with Crippen LogP contribution in [0.2, 0.25) is 0 Å². The number of rotatable bonds is 5. The van der Waals surface area contributed by atoms with E-state index in [0.717, 1.165) is 24.6 Å². The summed E-state index contributed by atoms with van der Waals surface area (Å²) < 4.78 is 13.3. The first-order chi connectivity index (χ1) is 12.7. The second-order valence-electron chi connectivity index (χ2n) is 6.41. The van der Waals surface area contributed by atoms with Crippen molar-refractivity contribution in [1.82, 2.24) is 10.6 Å². The molecule has 2 aromatic rings. The van der Waals surface area contributed by atoms with E-state index in [-0.39, 0.29) is 5.82 Å². The molecule has 2 N–H and O–H groups in total. The maximum absolute atomic E-state index is 13.3. The monoisotopic (exact) mass is 352 g/mol. The molecule has 1 aliphatic rings. The van der Waals surface area contributed by atoms with Crippen LogP contribution >= 0.6 is 0 Å². The molecular weight excluding hydrogens is 327 g/mol. The van der Waals surface area contributed by atoms with Crippen LogP contribution in [-0.4, -0.2) is 26.1 Å². The molecule has 0 spiro atoms. The number of hydrogen-bond donors (Lipinski definition) is 2. The number of anilines is 1. The van der Waals surface area contributed by atoms with Gasteiger partial charge in [0.2, 0.25) is 0 Å². The van der Waals surface area contributed by atoms with Gasteiger partial charge in [-0.1, -0.05) is 36.4 Å². The predicted octanol–water partition coefficient (Wildman–Crippen LogP) is 3.38. The molecular formula is C21H25FN4. The molecule has 1 aliphatic heterocycles. The lowest BCUT2D eigenvalue weighted by Crippen LogP contribution is -2.36. The van der Waals surface area contributed by atoms with E-state index in [2.05, 4.69) is 56.9 Å². The molecule has 4 nitrogen and oxygen atoms in total. The molecule has 5 heteroatoms. The fraction of sp³-hybridized carbons (Fsp3) is 0.286. The predicted molar refractivity (Wildman–Crippen MR) is 106 cm³/mol. The molecule has 0 aliphatic carbocycles. The van der Waals surface area contributed by atoms with E-state index in [9.17, 15) is 4.39 Å². The average Bonchev–Trinajstić information content (AvgIpc) is 3.20. The fourth-order valence-electron chi connectivity index (χ4n) is 2.92. The first-order valence-corrected chi connectivity index (χ1v) is 8.84. The number of guanidine groups is 1. The van der Waals surface area contributed by atoms with Crippen molar-refractivity contribution in [3.63, 3.8) is 0 Å². The number of hydrogen-bond acceptors (Lipinski definition) is 2. The van der Waals surface area contributed by atoms with Gasteiger partial charge in [0.15, 0.2) is 5.96 Å². The van der Waals surface area contributed by atoms with Gasteiger partial charge in [-0.05, 0) is 41.8 Å². The Bertz CT molecular complexity index is 788. The van der Waals surface area contributed by atoms with Gasteiger partial charge < -0.3 is 15.5 Å². The minimum absolute atomic E-state index is 0.176. The highest BCUT2D eigenvalue weighted by molar-refractivity contribution is 5.79. The SMILES string of the molecule is CN=C(NCc1ccc(N2CC=CC2)cc1)NCc1ccc(F)c(C)c1. The topological polar surface area (TPSA) is 39.7 Å². The van der Waals surface area contributed by atoms with Crippen molar-refractivity contribution in [2.24, 2.45) is 4.99 Å². The first-order valence-electron chi connectivity index (χ1n) is 8.84. The Kier molecular flexibility index (Phi) is 5.89. The Morgan fingerprint density at radius 2 is 1.62 bits per heavy atom. The summed E-state index contributed by atoms with van der Waals surface area (Å²) in [5.74, 6) is 0.546. The zero-order valence-corrected chi connectivity index (χ0v) is 15.3. The smallest absolute Gasteiger partial charge is 0.191 e. The van der Waals surface area contributed by atoms with E-state index < -0.39 is 0 Å². The van der Waals surface area contributed by atoms with E-state index in [1.165, 1.54) is 17.3 Å². The number of aryl methyl sites for hydroxylation is 1. The van der Waals surface area contributed by atoms with E-state index in [1.54, 1.807) is 20.0 Å². The number of benzene rings is 2. The molecule has 26 heavy (non-hydrogen) atoms. The van der Waals surface area contributed by atoms with Crippen molar-refractivity contribution in [2.45, 2.75) is 20.0 Å². The summed E-state index contributed by atoms with van der Waals surface area (Å²) in [7, 11) is 1.74. The largest absolute Gasteiger partial charge is 0.364 e. The molecule has 0 saturated heterocycles. The highest BCUT2D eigenvalue weighted by Crippen LogP contribution is 2.17. The van der Waals surface area contributed by atoms with Gasteiger partial charge in [-0.15, -0.1) is 0 Å². The van der Waals surface area contributed by atoms with Crippen molar-refractivity contribution < 1.29 is 4.39 Å². The minimum atomic E-state index is -0.176. The van der Waals surface area contributed by atoms with Gasteiger partial charge in [-0.3, -0.25) is 4.99 Å². The quantitative estimate of drug-likeness (QED) is 0.492. The van der Waals surface area contributed by atoms with Gasteiger partial charge in [0.25, 0.3) is 0 Å². The van der Waals surface area contributed by atoms with Crippen LogP contribution in [0.4, 0.5) is 10.1 Å². The van der Waals surface area contributed by atoms with Crippen molar-refractivity contribution in [3.05, 3.63) is 77.1 Å². The second kappa shape index (κ2) is 8.52. The minimum Gasteiger partial charge on any atom is -0.364 e. The molecule has 2 aromatic carbocycles. The van der Waals surface area contributed by atoms with Crippen molar-refractivity contribution >= 4 is 11.6 Å². The molecule has 0 aromatic heterocycles. The van der Waals surface area contributed by atoms with Crippen LogP contribution in [-0.2, 0) is 13.1 Å². The number of halogens is 1. The van der Waals surface area contributed by atoms with Crippen LogP contribution in [0.3, 0.4) is 0 Å². The molecule has 0 saturated carbocycles. The van der Waals surface area contributed by atoms with E-state index >= 15 is 0 Å². The Morgan fingerprint density at radius 1 is 1.00 bits per heavy atom. The molecule has 1 heterocycles. The highest BCUT2D eigenvalue weighted by Gasteiger charge is 2.07. The molecule has 0 radical (unpaired) electrons. The van der Waals surface area contributed by atoms with Crippen LogP contribution in [0.15, 0.2) is 59.6 Å². The summed E-state index contributed by atoms with van der Waals surface area (Å²) in [5, 5.41) is 6.57. The van der Waals surface area contributed by atoms with Crippen LogP contribution in [0.5, 0.6) is 0 Å². The summed E-state index contributed by atoms with van der Waals surface area (Å²) in [6.45, 7) is 5.03. The third-order valence-corrected chi connectivity index (χ3v) is 4.49. The van der Waals surface area contributed by atoms with E-state index in [1.807, 2.05) is 6.07 Å². The average molecular weight is 352 g/mol. The summed E-state index contributed by atoms with van der Waals surface area (Å²) in [5.41, 5.74) is 4.12. The Morgan fingerprint density at radius 3 is 2.23 bits per heavy atom. The van der Waals surface area contributed by atoms with Crippen LogP contribution in [0, 0.1) is 12.7 Å².